The smallest absolute Gasteiger partial charge is 0.276 e. The molecular weight excluding hydrogens is 523 g/mol. The average molecular weight is 551 g/mol. The van der Waals surface area contributed by atoms with Crippen LogP contribution in [0.5, 0.6) is 5.88 Å². The molecule has 0 spiro atoms. The molecule has 10 heteroatoms. The number of amides is 1. The molecule has 38 heavy (non-hydrogen) atoms. The van der Waals surface area contributed by atoms with Crippen LogP contribution in [0, 0.1) is 5.92 Å². The summed E-state index contributed by atoms with van der Waals surface area (Å²) in [6, 6.07) is 5.44. The first-order valence-corrected chi connectivity index (χ1v) is 13.3. The SMILES string of the molecule is CNc1ncc(-c2nc3c(n2C(C)C)C2c4ccc(Cl)cc4C4=C(Cl)C=CC(C)C4(C)N2C3=O)c(OC)n1. The first kappa shape index (κ1) is 24.9. The van der Waals surface area contributed by atoms with Crippen LogP contribution < -0.4 is 10.1 Å². The van der Waals surface area contributed by atoms with E-state index in [0.717, 1.165) is 22.4 Å². The summed E-state index contributed by atoms with van der Waals surface area (Å²) in [5, 5.41) is 4.17. The molecule has 6 rings (SSSR count). The van der Waals surface area contributed by atoms with Crippen LogP contribution in [0.4, 0.5) is 5.95 Å². The number of halogens is 2. The van der Waals surface area contributed by atoms with E-state index in [-0.39, 0.29) is 23.9 Å². The largest absolute Gasteiger partial charge is 0.480 e. The van der Waals surface area contributed by atoms with Crippen LogP contribution in [0.1, 0.15) is 67.1 Å². The van der Waals surface area contributed by atoms with Crippen molar-refractivity contribution >= 4 is 40.6 Å². The Bertz CT molecular complexity index is 1580. The molecule has 1 N–H and O–H groups in total. The number of nitrogens with one attached hydrogen (secondary N) is 1. The number of carbonyl (C=O) groups excluding carboxylic acids is 1. The number of fused-ring (bicyclic) bond motifs is 8. The fraction of sp³-hybridized carbons (Fsp3) is 0.357. The highest BCUT2D eigenvalue weighted by molar-refractivity contribution is 6.35. The minimum absolute atomic E-state index is 0.0112. The summed E-state index contributed by atoms with van der Waals surface area (Å²) >= 11 is 13.4. The van der Waals surface area contributed by atoms with Crippen LogP contribution >= 0.6 is 23.2 Å². The lowest BCUT2D eigenvalue weighted by Crippen LogP contribution is -2.56. The number of ether oxygens (including phenoxy) is 1. The maximum atomic E-state index is 14.4. The van der Waals surface area contributed by atoms with Gasteiger partial charge < -0.3 is 19.5 Å². The number of nitrogens with zero attached hydrogens (tertiary/aromatic N) is 5. The zero-order chi connectivity index (χ0) is 27.1. The maximum Gasteiger partial charge on any atom is 0.276 e. The van der Waals surface area contributed by atoms with Gasteiger partial charge in [-0.3, -0.25) is 4.79 Å². The monoisotopic (exact) mass is 550 g/mol. The molecule has 196 valence electrons. The molecule has 4 heterocycles. The number of aromatic nitrogens is 4. The lowest BCUT2D eigenvalue weighted by molar-refractivity contribution is 0.0485. The predicted molar refractivity (Wildman–Crippen MR) is 149 cm³/mol. The molecule has 0 saturated carbocycles. The molecule has 3 atom stereocenters. The van der Waals surface area contributed by atoms with E-state index in [0.29, 0.717) is 39.0 Å². The molecule has 8 nitrogen and oxygen atoms in total. The molecule has 1 amide bonds. The van der Waals surface area contributed by atoms with E-state index >= 15 is 0 Å². The number of methoxy groups -OCH3 is 1. The second-order valence-corrected chi connectivity index (χ2v) is 11.2. The number of allylic oxidation sites excluding steroid dienone is 2. The maximum absolute atomic E-state index is 14.4. The van der Waals surface area contributed by atoms with Crippen LogP contribution in [0.15, 0.2) is 41.6 Å². The number of anilines is 1. The van der Waals surface area contributed by atoms with Gasteiger partial charge >= 0.3 is 0 Å². The van der Waals surface area contributed by atoms with Crippen LogP contribution in [0.2, 0.25) is 5.02 Å². The molecular formula is C28H28Cl2N6O2. The first-order chi connectivity index (χ1) is 18.1. The van der Waals surface area contributed by atoms with Gasteiger partial charge in [-0.15, -0.1) is 0 Å². The molecule has 1 aliphatic carbocycles. The molecule has 0 radical (unpaired) electrons. The van der Waals surface area contributed by atoms with Gasteiger partial charge in [0.2, 0.25) is 11.8 Å². The molecule has 1 aromatic carbocycles. The Morgan fingerprint density at radius 1 is 1.18 bits per heavy atom. The van der Waals surface area contributed by atoms with Crippen LogP contribution in [0.25, 0.3) is 17.0 Å². The second-order valence-electron chi connectivity index (χ2n) is 10.3. The fourth-order valence-corrected chi connectivity index (χ4v) is 6.72. The Hall–Kier alpha value is -3.36. The first-order valence-electron chi connectivity index (χ1n) is 12.6. The van der Waals surface area contributed by atoms with E-state index in [2.05, 4.69) is 53.6 Å². The van der Waals surface area contributed by atoms with Gasteiger partial charge in [0.1, 0.15) is 11.9 Å². The molecule has 0 fully saturated rings. The van der Waals surface area contributed by atoms with Gasteiger partial charge in [0.25, 0.3) is 5.91 Å². The number of hydrogen-bond acceptors (Lipinski definition) is 6. The highest BCUT2D eigenvalue weighted by atomic mass is 35.5. The highest BCUT2D eigenvalue weighted by Gasteiger charge is 2.58. The molecule has 3 aliphatic rings. The molecule has 2 aromatic heterocycles. The third-order valence-corrected chi connectivity index (χ3v) is 8.61. The number of rotatable bonds is 4. The van der Waals surface area contributed by atoms with Gasteiger partial charge in [0.05, 0.1) is 23.9 Å². The van der Waals surface area contributed by atoms with E-state index in [4.69, 9.17) is 32.9 Å². The van der Waals surface area contributed by atoms with Gasteiger partial charge in [-0.2, -0.15) is 4.98 Å². The number of imidazole rings is 1. The summed E-state index contributed by atoms with van der Waals surface area (Å²) in [5.74, 6) is 1.28. The Balaban J connectivity index is 1.66. The molecule has 2 aliphatic heterocycles. The van der Waals surface area contributed by atoms with Crippen molar-refractivity contribution in [2.45, 2.75) is 45.3 Å². The van der Waals surface area contributed by atoms with E-state index in [1.807, 2.05) is 29.2 Å². The highest BCUT2D eigenvalue weighted by Crippen LogP contribution is 2.59. The molecule has 0 saturated heterocycles. The van der Waals surface area contributed by atoms with Gasteiger partial charge in [-0.05, 0) is 50.1 Å². The van der Waals surface area contributed by atoms with Crippen molar-refractivity contribution in [3.8, 4) is 17.3 Å². The lowest BCUT2D eigenvalue weighted by atomic mass is 9.68. The van der Waals surface area contributed by atoms with Crippen molar-refractivity contribution in [1.82, 2.24) is 24.4 Å². The van der Waals surface area contributed by atoms with Gasteiger partial charge in [0, 0.05) is 40.8 Å². The van der Waals surface area contributed by atoms with Crippen molar-refractivity contribution in [2.24, 2.45) is 5.92 Å². The number of carbonyl (C=O) groups is 1. The van der Waals surface area contributed by atoms with Gasteiger partial charge in [-0.1, -0.05) is 42.3 Å². The Morgan fingerprint density at radius 3 is 2.63 bits per heavy atom. The summed E-state index contributed by atoms with van der Waals surface area (Å²) < 4.78 is 7.72. The fourth-order valence-electron chi connectivity index (χ4n) is 6.18. The quantitative estimate of drug-likeness (QED) is 0.422. The number of benzene rings is 1. The standard InChI is InChI=1S/C28H28Cl2N6O2/c1-13(2)35-23-21(33-24(35)18-12-32-27(31-5)34-25(18)38-6)26(37)36-22(23)16-9-8-15(29)11-17(16)20-19(30)10-7-14(3)28(20,36)4/h7-14,22H,1-6H3,(H,31,32,34). The second kappa shape index (κ2) is 8.58. The molecule has 3 unspecified atom stereocenters. The Morgan fingerprint density at radius 2 is 1.95 bits per heavy atom. The van der Waals surface area contributed by atoms with E-state index < -0.39 is 5.54 Å². The molecule has 0 bridgehead atoms. The topological polar surface area (TPSA) is 85.2 Å². The van der Waals surface area contributed by atoms with E-state index in [1.54, 1.807) is 20.4 Å². The Kier molecular flexibility index (Phi) is 5.63. The minimum atomic E-state index is -0.691. The van der Waals surface area contributed by atoms with Crippen molar-refractivity contribution in [2.75, 3.05) is 19.5 Å². The average Bonchev–Trinajstić information content (AvgIpc) is 3.42. The van der Waals surface area contributed by atoms with Crippen molar-refractivity contribution < 1.29 is 9.53 Å². The van der Waals surface area contributed by atoms with Gasteiger partial charge in [0.15, 0.2) is 5.69 Å². The number of hydrogen-bond donors (Lipinski definition) is 1. The van der Waals surface area contributed by atoms with E-state index in [1.165, 1.54) is 0 Å². The van der Waals surface area contributed by atoms with Crippen LogP contribution in [-0.2, 0) is 0 Å². The minimum Gasteiger partial charge on any atom is -0.480 e. The van der Waals surface area contributed by atoms with Crippen LogP contribution in [0.3, 0.4) is 0 Å². The van der Waals surface area contributed by atoms with Gasteiger partial charge in [-0.25, -0.2) is 9.97 Å². The van der Waals surface area contributed by atoms with Crippen molar-refractivity contribution in [3.05, 3.63) is 69.1 Å². The summed E-state index contributed by atoms with van der Waals surface area (Å²) in [5.41, 5.74) is 4.02. The molecule has 3 aromatic rings. The van der Waals surface area contributed by atoms with Crippen LogP contribution in [-0.4, -0.2) is 50.0 Å². The zero-order valence-electron chi connectivity index (χ0n) is 22.0. The summed E-state index contributed by atoms with van der Waals surface area (Å²) in [7, 11) is 3.31. The Labute approximate surface area is 231 Å². The third kappa shape index (κ3) is 3.16. The predicted octanol–water partition coefficient (Wildman–Crippen LogP) is 6.10. The zero-order valence-corrected chi connectivity index (χ0v) is 23.5. The van der Waals surface area contributed by atoms with Crippen molar-refractivity contribution in [1.29, 1.82) is 0 Å². The summed E-state index contributed by atoms with van der Waals surface area (Å²) in [6.45, 7) is 8.36. The lowest BCUT2D eigenvalue weighted by Gasteiger charge is -2.53. The third-order valence-electron chi connectivity index (χ3n) is 8.06. The normalized spacial score (nSPS) is 23.4. The van der Waals surface area contributed by atoms with E-state index in [9.17, 15) is 4.79 Å². The van der Waals surface area contributed by atoms with Crippen molar-refractivity contribution in [3.63, 3.8) is 0 Å². The summed E-state index contributed by atoms with van der Waals surface area (Å²) in [4.78, 5) is 30.1. The summed E-state index contributed by atoms with van der Waals surface area (Å²) in [6.07, 6.45) is 5.67.